The Hall–Kier alpha value is -3.23. The van der Waals surface area contributed by atoms with E-state index in [1.165, 1.54) is 17.6 Å². The number of amides is 2. The van der Waals surface area contributed by atoms with Crippen LogP contribution in [-0.4, -0.2) is 25.1 Å². The number of carbonyl (C=O) groups excluding carboxylic acids is 2. The molecular weight excluding hydrogens is 466 g/mol. The maximum Gasteiger partial charge on any atom is 0.287 e. The van der Waals surface area contributed by atoms with E-state index in [1.54, 1.807) is 49.6 Å². The third-order valence-corrected chi connectivity index (χ3v) is 5.35. The molecule has 0 atom stereocenters. The van der Waals surface area contributed by atoms with Gasteiger partial charge in [-0.25, -0.2) is 5.43 Å². The van der Waals surface area contributed by atoms with Crippen molar-refractivity contribution >= 4 is 51.4 Å². The third-order valence-electron chi connectivity index (χ3n) is 3.91. The van der Waals surface area contributed by atoms with Crippen molar-refractivity contribution < 1.29 is 14.3 Å². The molecule has 6 nitrogen and oxygen atoms in total. The molecule has 0 saturated heterocycles. The number of carbonyl (C=O) groups is 2. The van der Waals surface area contributed by atoms with E-state index in [4.69, 9.17) is 4.74 Å². The summed E-state index contributed by atoms with van der Waals surface area (Å²) < 4.78 is 5.96. The highest BCUT2D eigenvalue weighted by Crippen LogP contribution is 2.24. The highest BCUT2D eigenvalue weighted by molar-refractivity contribution is 9.10. The first-order valence-corrected chi connectivity index (χ1v) is 10.5. The zero-order chi connectivity index (χ0) is 21.3. The molecule has 3 rings (SSSR count). The van der Waals surface area contributed by atoms with E-state index in [0.29, 0.717) is 11.3 Å². The van der Waals surface area contributed by atoms with Crippen molar-refractivity contribution in [1.82, 2.24) is 10.7 Å². The summed E-state index contributed by atoms with van der Waals surface area (Å²) in [4.78, 5) is 26.0. The Bertz CT molecular complexity index is 1080. The van der Waals surface area contributed by atoms with Gasteiger partial charge in [0.2, 0.25) is 0 Å². The molecule has 0 aliphatic heterocycles. The first-order chi connectivity index (χ1) is 14.6. The Morgan fingerprint density at radius 1 is 1.10 bits per heavy atom. The molecule has 0 aliphatic rings. The van der Waals surface area contributed by atoms with Gasteiger partial charge in [-0.1, -0.05) is 24.3 Å². The number of nitrogens with one attached hydrogen (secondary N) is 2. The molecule has 2 N–H and O–H groups in total. The number of ether oxygens (including phenoxy) is 1. The summed E-state index contributed by atoms with van der Waals surface area (Å²) in [6.07, 6.45) is 3.12. The summed E-state index contributed by atoms with van der Waals surface area (Å²) in [5.74, 6) is -0.214. The topological polar surface area (TPSA) is 79.8 Å². The minimum Gasteiger partial charge on any atom is -0.496 e. The lowest BCUT2D eigenvalue weighted by atomic mass is 10.2. The van der Waals surface area contributed by atoms with E-state index < -0.39 is 5.91 Å². The van der Waals surface area contributed by atoms with Gasteiger partial charge in [0.05, 0.1) is 17.8 Å². The number of hydrogen-bond donors (Lipinski definition) is 2. The number of halogens is 1. The van der Waals surface area contributed by atoms with Gasteiger partial charge < -0.3 is 10.1 Å². The van der Waals surface area contributed by atoms with Gasteiger partial charge in [-0.2, -0.15) is 5.10 Å². The van der Waals surface area contributed by atoms with Crippen LogP contribution in [0.5, 0.6) is 5.75 Å². The van der Waals surface area contributed by atoms with Crippen molar-refractivity contribution in [1.29, 1.82) is 0 Å². The van der Waals surface area contributed by atoms with Crippen LogP contribution in [0.15, 0.2) is 81.3 Å². The SMILES string of the molecule is COc1ccc(C=NNC(=O)C(=Cc2cccs2)NC(=O)c2ccccc2)cc1Br. The van der Waals surface area contributed by atoms with Crippen LogP contribution in [0.25, 0.3) is 6.08 Å². The molecule has 30 heavy (non-hydrogen) atoms. The summed E-state index contributed by atoms with van der Waals surface area (Å²) in [6, 6.07) is 17.8. The molecular formula is C22H18BrN3O3S. The molecule has 3 aromatic rings. The van der Waals surface area contributed by atoms with Gasteiger partial charge in [0, 0.05) is 10.4 Å². The van der Waals surface area contributed by atoms with Crippen molar-refractivity contribution in [3.05, 3.63) is 92.2 Å². The van der Waals surface area contributed by atoms with E-state index in [0.717, 1.165) is 14.9 Å². The first kappa shape index (κ1) is 21.5. The van der Waals surface area contributed by atoms with Gasteiger partial charge in [-0.3, -0.25) is 9.59 Å². The Morgan fingerprint density at radius 3 is 2.57 bits per heavy atom. The molecule has 1 heterocycles. The zero-order valence-corrected chi connectivity index (χ0v) is 18.4. The maximum atomic E-state index is 12.7. The van der Waals surface area contributed by atoms with Crippen molar-refractivity contribution in [2.75, 3.05) is 7.11 Å². The number of hydrogen-bond acceptors (Lipinski definition) is 5. The standard InChI is InChI=1S/C22H18BrN3O3S/c1-29-20-10-9-15(12-18(20)23)14-24-26-22(28)19(13-17-8-5-11-30-17)25-21(27)16-6-3-2-4-7-16/h2-14H,1H3,(H,25,27)(H,26,28). The van der Waals surface area contributed by atoms with E-state index in [2.05, 4.69) is 31.8 Å². The zero-order valence-electron chi connectivity index (χ0n) is 16.0. The van der Waals surface area contributed by atoms with Gasteiger partial charge in [-0.15, -0.1) is 11.3 Å². The van der Waals surface area contributed by atoms with Crippen LogP contribution >= 0.6 is 27.3 Å². The van der Waals surface area contributed by atoms with Crippen molar-refractivity contribution in [3.8, 4) is 5.75 Å². The minimum absolute atomic E-state index is 0.0966. The van der Waals surface area contributed by atoms with E-state index in [9.17, 15) is 9.59 Å². The molecule has 0 aliphatic carbocycles. The van der Waals surface area contributed by atoms with Crippen LogP contribution in [0.1, 0.15) is 20.8 Å². The monoisotopic (exact) mass is 483 g/mol. The molecule has 0 bridgehead atoms. The number of thiophene rings is 1. The Morgan fingerprint density at radius 2 is 1.90 bits per heavy atom. The molecule has 2 amide bonds. The predicted molar refractivity (Wildman–Crippen MR) is 123 cm³/mol. The fourth-order valence-corrected chi connectivity index (χ4v) is 3.66. The smallest absolute Gasteiger partial charge is 0.287 e. The summed E-state index contributed by atoms with van der Waals surface area (Å²) in [7, 11) is 1.58. The van der Waals surface area contributed by atoms with Crippen molar-refractivity contribution in [2.45, 2.75) is 0 Å². The summed E-state index contributed by atoms with van der Waals surface area (Å²) in [5, 5.41) is 8.55. The van der Waals surface area contributed by atoms with Crippen LogP contribution in [0.4, 0.5) is 0 Å². The molecule has 0 fully saturated rings. The van der Waals surface area contributed by atoms with Gasteiger partial charge in [0.15, 0.2) is 0 Å². The van der Waals surface area contributed by atoms with Crippen LogP contribution in [0.2, 0.25) is 0 Å². The minimum atomic E-state index is -0.531. The number of hydrazone groups is 1. The summed E-state index contributed by atoms with van der Waals surface area (Å²) >= 11 is 4.86. The van der Waals surface area contributed by atoms with E-state index in [-0.39, 0.29) is 11.6 Å². The fourth-order valence-electron chi connectivity index (χ4n) is 2.45. The lowest BCUT2D eigenvalue weighted by Crippen LogP contribution is -2.32. The van der Waals surface area contributed by atoms with Crippen molar-refractivity contribution in [3.63, 3.8) is 0 Å². The predicted octanol–water partition coefficient (Wildman–Crippen LogP) is 4.44. The van der Waals surface area contributed by atoms with Crippen LogP contribution in [0, 0.1) is 0 Å². The Labute approximate surface area is 186 Å². The average molecular weight is 484 g/mol. The summed E-state index contributed by atoms with van der Waals surface area (Å²) in [5.41, 5.74) is 3.77. The first-order valence-electron chi connectivity index (χ1n) is 8.85. The second-order valence-corrected chi connectivity index (χ2v) is 7.82. The molecule has 2 aromatic carbocycles. The second-order valence-electron chi connectivity index (χ2n) is 5.99. The Balaban J connectivity index is 1.73. The molecule has 8 heteroatoms. The fraction of sp³-hybridized carbons (Fsp3) is 0.0455. The van der Waals surface area contributed by atoms with Crippen molar-refractivity contribution in [2.24, 2.45) is 5.10 Å². The Kier molecular flexibility index (Phi) is 7.53. The van der Waals surface area contributed by atoms with Gasteiger partial charge in [0.1, 0.15) is 11.4 Å². The second kappa shape index (κ2) is 10.5. The lowest BCUT2D eigenvalue weighted by Gasteiger charge is -2.08. The lowest BCUT2D eigenvalue weighted by molar-refractivity contribution is -0.117. The molecule has 0 spiro atoms. The largest absolute Gasteiger partial charge is 0.496 e. The number of nitrogens with zero attached hydrogens (tertiary/aromatic N) is 1. The molecule has 1 aromatic heterocycles. The number of benzene rings is 2. The quantitative estimate of drug-likeness (QED) is 0.296. The molecule has 0 saturated carbocycles. The molecule has 0 unspecified atom stereocenters. The van der Waals surface area contributed by atoms with Crippen LogP contribution in [-0.2, 0) is 4.79 Å². The van der Waals surface area contributed by atoms with Crippen LogP contribution in [0.3, 0.4) is 0 Å². The van der Waals surface area contributed by atoms with E-state index in [1.807, 2.05) is 29.6 Å². The molecule has 152 valence electrons. The molecule has 0 radical (unpaired) electrons. The van der Waals surface area contributed by atoms with Crippen LogP contribution < -0.4 is 15.5 Å². The summed E-state index contributed by atoms with van der Waals surface area (Å²) in [6.45, 7) is 0. The number of rotatable bonds is 7. The normalized spacial score (nSPS) is 11.3. The van der Waals surface area contributed by atoms with Gasteiger partial charge in [-0.05, 0) is 69.3 Å². The van der Waals surface area contributed by atoms with Gasteiger partial charge >= 0.3 is 0 Å². The van der Waals surface area contributed by atoms with Gasteiger partial charge in [0.25, 0.3) is 11.8 Å². The number of methoxy groups -OCH3 is 1. The highest BCUT2D eigenvalue weighted by Gasteiger charge is 2.14. The van der Waals surface area contributed by atoms with E-state index >= 15 is 0 Å². The average Bonchev–Trinajstić information content (AvgIpc) is 3.27. The maximum absolute atomic E-state index is 12.7. The highest BCUT2D eigenvalue weighted by atomic mass is 79.9. The third kappa shape index (κ3) is 5.88.